The lowest BCUT2D eigenvalue weighted by molar-refractivity contribution is 0.149. The highest BCUT2D eigenvalue weighted by Gasteiger charge is 2.30. The Kier molecular flexibility index (Phi) is 9.41. The van der Waals surface area contributed by atoms with Crippen LogP contribution in [0.4, 0.5) is 0 Å². The number of hydrogen-bond donors (Lipinski definition) is 0. The van der Waals surface area contributed by atoms with Crippen LogP contribution in [0.25, 0.3) is 0 Å². The molecule has 0 bridgehead atoms. The van der Waals surface area contributed by atoms with E-state index in [2.05, 4.69) is 32.6 Å². The molecule has 1 saturated heterocycles. The first-order valence-electron chi connectivity index (χ1n) is 8.59. The highest BCUT2D eigenvalue weighted by molar-refractivity contribution is 6.51. The molecule has 0 aromatic heterocycles. The zero-order valence-corrected chi connectivity index (χ0v) is 14.8. The second-order valence-electron chi connectivity index (χ2n) is 6.19. The lowest BCUT2D eigenvalue weighted by Crippen LogP contribution is -2.31. The van der Waals surface area contributed by atoms with Gasteiger partial charge < -0.3 is 8.69 Å². The van der Waals surface area contributed by atoms with Crippen molar-refractivity contribution in [3.8, 4) is 0 Å². The third kappa shape index (κ3) is 6.63. The lowest BCUT2D eigenvalue weighted by Gasteiger charge is -2.25. The van der Waals surface area contributed by atoms with Crippen molar-refractivity contribution in [2.45, 2.75) is 76.5 Å². The summed E-state index contributed by atoms with van der Waals surface area (Å²) in [6.07, 6.45) is 7.23. The Labute approximate surface area is 125 Å². The summed E-state index contributed by atoms with van der Waals surface area (Å²) in [6.45, 7) is 13.0. The molecule has 19 heavy (non-hydrogen) atoms. The number of rotatable bonds is 10. The maximum atomic E-state index is 6.54. The predicted molar refractivity (Wildman–Crippen MR) is 86.0 cm³/mol. The van der Waals surface area contributed by atoms with Gasteiger partial charge in [0.1, 0.15) is 0 Å². The second-order valence-corrected chi connectivity index (χ2v) is 8.86. The van der Waals surface area contributed by atoms with Gasteiger partial charge in [-0.1, -0.05) is 57.0 Å². The van der Waals surface area contributed by atoms with E-state index >= 15 is 0 Å². The molecule has 1 heterocycles. The fourth-order valence-electron chi connectivity index (χ4n) is 3.09. The molecule has 0 spiro atoms. The highest BCUT2D eigenvalue weighted by atomic mass is 27.2. The number of unbranched alkanes of at least 4 members (excludes halogenated alkanes) is 2. The third-order valence-corrected chi connectivity index (χ3v) is 7.50. The Morgan fingerprint density at radius 2 is 1.79 bits per heavy atom. The predicted octanol–water partition coefficient (Wildman–Crippen LogP) is 4.33. The van der Waals surface area contributed by atoms with Gasteiger partial charge >= 0.3 is 14.5 Å². The minimum Gasteiger partial charge on any atom is -0.498 e. The zero-order valence-electron chi connectivity index (χ0n) is 13.7. The van der Waals surface area contributed by atoms with E-state index in [1.165, 1.54) is 62.3 Å². The molecule has 0 radical (unpaired) electrons. The van der Waals surface area contributed by atoms with Crippen molar-refractivity contribution in [3.63, 3.8) is 0 Å². The Balaban J connectivity index is 2.34. The fraction of sp³-hybridized carbons (Fsp3) is 1.00. The Morgan fingerprint density at radius 3 is 2.26 bits per heavy atom. The number of likely N-dealkylation sites (tertiary alicyclic amines) is 1. The van der Waals surface area contributed by atoms with Gasteiger partial charge in [-0.15, -0.1) is 0 Å². The van der Waals surface area contributed by atoms with Crippen LogP contribution in [0.15, 0.2) is 0 Å². The van der Waals surface area contributed by atoms with Gasteiger partial charge in [0.15, 0.2) is 0 Å². The molecule has 1 rings (SSSR count). The summed E-state index contributed by atoms with van der Waals surface area (Å²) in [4.78, 5) is 2.57. The van der Waals surface area contributed by atoms with E-state index in [0.29, 0.717) is 6.10 Å². The minimum absolute atomic E-state index is 0.502. The Morgan fingerprint density at radius 1 is 1.16 bits per heavy atom. The second kappa shape index (κ2) is 10.2. The fourth-order valence-corrected chi connectivity index (χ4v) is 6.21. The first-order valence-corrected chi connectivity index (χ1v) is 10.7. The van der Waals surface area contributed by atoms with E-state index in [1.54, 1.807) is 0 Å². The van der Waals surface area contributed by atoms with Gasteiger partial charge in [0.25, 0.3) is 0 Å². The van der Waals surface area contributed by atoms with Crippen LogP contribution in [0, 0.1) is 5.92 Å². The Hall–Kier alpha value is 0.452. The van der Waals surface area contributed by atoms with Gasteiger partial charge in [-0.3, -0.25) is 0 Å². The quantitative estimate of drug-likeness (QED) is 0.553. The molecule has 0 N–H and O–H groups in total. The molecular formula is C16H34AlNO. The molecule has 2 atom stereocenters. The third-order valence-electron chi connectivity index (χ3n) is 4.59. The largest absolute Gasteiger partial charge is 0.498 e. The van der Waals surface area contributed by atoms with Crippen molar-refractivity contribution in [2.24, 2.45) is 5.92 Å². The van der Waals surface area contributed by atoms with Gasteiger partial charge in [-0.2, -0.15) is 0 Å². The zero-order chi connectivity index (χ0) is 14.1. The van der Waals surface area contributed by atoms with Crippen LogP contribution >= 0.6 is 0 Å². The van der Waals surface area contributed by atoms with Gasteiger partial charge in [0.05, 0.1) is 0 Å². The van der Waals surface area contributed by atoms with E-state index in [-0.39, 0.29) is 0 Å². The molecule has 0 aliphatic carbocycles. The average Bonchev–Trinajstić information content (AvgIpc) is 2.90. The van der Waals surface area contributed by atoms with Gasteiger partial charge in [-0.05, 0) is 32.4 Å². The van der Waals surface area contributed by atoms with Crippen LogP contribution in [-0.4, -0.2) is 45.1 Å². The summed E-state index contributed by atoms with van der Waals surface area (Å²) in [7, 11) is 0. The molecule has 1 aliphatic heterocycles. The molecule has 2 unspecified atom stereocenters. The maximum Gasteiger partial charge on any atom is 0.460 e. The van der Waals surface area contributed by atoms with Gasteiger partial charge in [0.2, 0.25) is 0 Å². The SMILES string of the molecule is CCC[CH2][Al]([CH2]CCC)[O]C(C)C1CCN(CC)C1. The first-order chi connectivity index (χ1) is 9.21. The molecule has 112 valence electrons. The van der Waals surface area contributed by atoms with Crippen molar-refractivity contribution < 1.29 is 3.79 Å². The van der Waals surface area contributed by atoms with Crippen LogP contribution < -0.4 is 0 Å². The molecule has 3 heteroatoms. The summed E-state index contributed by atoms with van der Waals surface area (Å²) < 4.78 is 6.54. The monoisotopic (exact) mass is 283 g/mol. The molecular weight excluding hydrogens is 249 g/mol. The van der Waals surface area contributed by atoms with Crippen molar-refractivity contribution in [2.75, 3.05) is 19.6 Å². The van der Waals surface area contributed by atoms with E-state index in [0.717, 1.165) is 5.92 Å². The van der Waals surface area contributed by atoms with Crippen molar-refractivity contribution in [1.29, 1.82) is 0 Å². The van der Waals surface area contributed by atoms with Crippen LogP contribution in [-0.2, 0) is 3.79 Å². The summed E-state index contributed by atoms with van der Waals surface area (Å²) in [5, 5.41) is 2.79. The summed E-state index contributed by atoms with van der Waals surface area (Å²) >= 11 is -0.931. The van der Waals surface area contributed by atoms with E-state index < -0.39 is 14.5 Å². The molecule has 0 saturated carbocycles. The standard InChI is InChI=1S/C8H16NO.2C4H9.Al/c1-3-9-5-4-8(6-9)7(2)10;2*1-3-4-2;/h7-8H,3-6H2,1-2H3;2*1,3-4H2,2H3;/q-1;;;+1. The smallest absolute Gasteiger partial charge is 0.460 e. The minimum atomic E-state index is -0.931. The molecule has 0 aromatic rings. The van der Waals surface area contributed by atoms with E-state index in [1.807, 2.05) is 0 Å². The van der Waals surface area contributed by atoms with E-state index in [9.17, 15) is 0 Å². The summed E-state index contributed by atoms with van der Waals surface area (Å²) in [6, 6.07) is 0. The topological polar surface area (TPSA) is 12.5 Å². The van der Waals surface area contributed by atoms with Crippen LogP contribution in [0.1, 0.15) is 59.8 Å². The maximum absolute atomic E-state index is 6.54. The first kappa shape index (κ1) is 17.5. The number of nitrogens with zero attached hydrogens (tertiary/aromatic N) is 1. The number of hydrogen-bond acceptors (Lipinski definition) is 2. The van der Waals surface area contributed by atoms with Gasteiger partial charge in [-0.25, -0.2) is 0 Å². The normalized spacial score (nSPS) is 21.8. The van der Waals surface area contributed by atoms with E-state index in [4.69, 9.17) is 3.79 Å². The molecule has 0 amide bonds. The summed E-state index contributed by atoms with van der Waals surface area (Å²) in [5.41, 5.74) is 0. The molecule has 0 aromatic carbocycles. The van der Waals surface area contributed by atoms with Crippen LogP contribution in [0.2, 0.25) is 10.6 Å². The lowest BCUT2D eigenvalue weighted by atomic mass is 10.0. The highest BCUT2D eigenvalue weighted by Crippen LogP contribution is 2.23. The van der Waals surface area contributed by atoms with Gasteiger partial charge in [0, 0.05) is 12.6 Å². The Bertz CT molecular complexity index is 217. The molecule has 1 aliphatic rings. The molecule has 1 fully saturated rings. The van der Waals surface area contributed by atoms with Crippen molar-refractivity contribution >= 4 is 14.5 Å². The molecule has 2 nitrogen and oxygen atoms in total. The average molecular weight is 283 g/mol. The van der Waals surface area contributed by atoms with Crippen LogP contribution in [0.5, 0.6) is 0 Å². The summed E-state index contributed by atoms with van der Waals surface area (Å²) in [5.74, 6) is 0.790. The van der Waals surface area contributed by atoms with Crippen LogP contribution in [0.3, 0.4) is 0 Å². The van der Waals surface area contributed by atoms with Crippen molar-refractivity contribution in [1.82, 2.24) is 4.90 Å². The van der Waals surface area contributed by atoms with Crippen molar-refractivity contribution in [3.05, 3.63) is 0 Å².